The zero-order chi connectivity index (χ0) is 13.9. The summed E-state index contributed by atoms with van der Waals surface area (Å²) in [5, 5.41) is 3.25. The van der Waals surface area contributed by atoms with Crippen molar-refractivity contribution < 1.29 is 13.2 Å². The summed E-state index contributed by atoms with van der Waals surface area (Å²) in [6.07, 6.45) is 0.729. The molecule has 2 unspecified atom stereocenters. The van der Waals surface area contributed by atoms with Gasteiger partial charge >= 0.3 is 0 Å². The van der Waals surface area contributed by atoms with Crippen molar-refractivity contribution in [2.45, 2.75) is 19.4 Å². The van der Waals surface area contributed by atoms with Gasteiger partial charge < -0.3 is 10.1 Å². The summed E-state index contributed by atoms with van der Waals surface area (Å²) in [5.74, 6) is 1.56. The molecule has 1 aliphatic heterocycles. The summed E-state index contributed by atoms with van der Waals surface area (Å²) in [7, 11) is -0.972. The predicted molar refractivity (Wildman–Crippen MR) is 76.2 cm³/mol. The Hall–Kier alpha value is -1.07. The van der Waals surface area contributed by atoms with Crippen molar-refractivity contribution in [3.63, 3.8) is 0 Å². The van der Waals surface area contributed by atoms with Gasteiger partial charge in [0.1, 0.15) is 5.75 Å². The lowest BCUT2D eigenvalue weighted by Gasteiger charge is -2.23. The molecule has 0 spiro atoms. The molecule has 2 atom stereocenters. The maximum Gasteiger partial charge on any atom is 0.150 e. The Morgan fingerprint density at radius 3 is 2.84 bits per heavy atom. The fraction of sp³-hybridized carbons (Fsp3) is 0.571. The number of rotatable bonds is 5. The highest BCUT2D eigenvalue weighted by Gasteiger charge is 2.33. The van der Waals surface area contributed by atoms with Crippen molar-refractivity contribution in [1.29, 1.82) is 0 Å². The van der Waals surface area contributed by atoms with Crippen LogP contribution in [0.3, 0.4) is 0 Å². The van der Waals surface area contributed by atoms with E-state index in [9.17, 15) is 8.42 Å². The number of nitrogens with one attached hydrogen (secondary N) is 1. The van der Waals surface area contributed by atoms with Crippen LogP contribution in [0.15, 0.2) is 24.3 Å². The Bertz CT molecular complexity index is 527. The molecule has 0 aromatic heterocycles. The number of sulfone groups is 1. The van der Waals surface area contributed by atoms with E-state index in [-0.39, 0.29) is 17.7 Å². The van der Waals surface area contributed by atoms with Crippen molar-refractivity contribution in [3.05, 3.63) is 29.8 Å². The van der Waals surface area contributed by atoms with E-state index in [4.69, 9.17) is 4.74 Å². The minimum absolute atomic E-state index is 0.0673. The molecule has 1 heterocycles. The summed E-state index contributed by atoms with van der Waals surface area (Å²) in [6, 6.07) is 7.96. The minimum atomic E-state index is -2.85. The monoisotopic (exact) mass is 283 g/mol. The van der Waals surface area contributed by atoms with Crippen LogP contribution < -0.4 is 10.1 Å². The van der Waals surface area contributed by atoms with Crippen LogP contribution in [0.5, 0.6) is 5.75 Å². The largest absolute Gasteiger partial charge is 0.494 e. The van der Waals surface area contributed by atoms with E-state index in [1.807, 2.05) is 38.2 Å². The maximum absolute atomic E-state index is 11.6. The van der Waals surface area contributed by atoms with E-state index in [0.29, 0.717) is 12.4 Å². The molecule has 1 aliphatic rings. The summed E-state index contributed by atoms with van der Waals surface area (Å²) >= 11 is 0. The highest BCUT2D eigenvalue weighted by atomic mass is 32.2. The van der Waals surface area contributed by atoms with Crippen LogP contribution in [0.2, 0.25) is 0 Å². The van der Waals surface area contributed by atoms with Gasteiger partial charge in [0.25, 0.3) is 0 Å². The molecule has 4 nitrogen and oxygen atoms in total. The second kappa shape index (κ2) is 5.92. The molecule has 5 heteroatoms. The van der Waals surface area contributed by atoms with E-state index in [1.165, 1.54) is 0 Å². The average molecular weight is 283 g/mol. The molecule has 106 valence electrons. The molecule has 0 aliphatic carbocycles. The summed E-state index contributed by atoms with van der Waals surface area (Å²) < 4.78 is 28.7. The predicted octanol–water partition coefficient (Wildman–Crippen LogP) is 1.78. The molecule has 0 saturated carbocycles. The molecule has 19 heavy (non-hydrogen) atoms. The highest BCUT2D eigenvalue weighted by Crippen LogP contribution is 2.32. The summed E-state index contributed by atoms with van der Waals surface area (Å²) in [6.45, 7) is 2.58. The zero-order valence-electron chi connectivity index (χ0n) is 11.4. The lowest BCUT2D eigenvalue weighted by atomic mass is 9.92. The SMILES string of the molecule is CCOc1cccc(C(NC)C2CCS(=O)(=O)C2)c1. The van der Waals surface area contributed by atoms with Gasteiger partial charge in [-0.25, -0.2) is 8.42 Å². The van der Waals surface area contributed by atoms with Crippen molar-refractivity contribution in [2.24, 2.45) is 5.92 Å². The maximum atomic E-state index is 11.6. The molecule has 0 amide bonds. The molecule has 2 rings (SSSR count). The molecule has 0 radical (unpaired) electrons. The fourth-order valence-corrected chi connectivity index (χ4v) is 4.57. The number of hydrogen-bond donors (Lipinski definition) is 1. The third kappa shape index (κ3) is 3.48. The Labute approximate surface area is 115 Å². The summed E-state index contributed by atoms with van der Waals surface area (Å²) in [4.78, 5) is 0. The van der Waals surface area contributed by atoms with Crippen molar-refractivity contribution in [3.8, 4) is 5.75 Å². The Kier molecular flexibility index (Phi) is 4.47. The third-order valence-electron chi connectivity index (χ3n) is 3.58. The minimum Gasteiger partial charge on any atom is -0.494 e. The van der Waals surface area contributed by atoms with Gasteiger partial charge in [-0.05, 0) is 44.0 Å². The van der Waals surface area contributed by atoms with Gasteiger partial charge in [-0.15, -0.1) is 0 Å². The first kappa shape index (κ1) is 14.3. The highest BCUT2D eigenvalue weighted by molar-refractivity contribution is 7.91. The van der Waals surface area contributed by atoms with Gasteiger partial charge in [-0.2, -0.15) is 0 Å². The van der Waals surface area contributed by atoms with Gasteiger partial charge in [-0.3, -0.25) is 0 Å². The van der Waals surface area contributed by atoms with Gasteiger partial charge in [0.15, 0.2) is 9.84 Å². The molecule has 1 N–H and O–H groups in total. The van der Waals surface area contributed by atoms with Gasteiger partial charge in [0.2, 0.25) is 0 Å². The van der Waals surface area contributed by atoms with Gasteiger partial charge in [-0.1, -0.05) is 12.1 Å². The second-order valence-corrected chi connectivity index (χ2v) is 7.16. The zero-order valence-corrected chi connectivity index (χ0v) is 12.2. The normalized spacial score (nSPS) is 23.2. The van der Waals surface area contributed by atoms with Crippen molar-refractivity contribution in [1.82, 2.24) is 5.32 Å². The Morgan fingerprint density at radius 1 is 1.47 bits per heavy atom. The number of benzene rings is 1. The average Bonchev–Trinajstić information content (AvgIpc) is 2.72. The van der Waals surface area contributed by atoms with Crippen molar-refractivity contribution >= 4 is 9.84 Å². The van der Waals surface area contributed by atoms with Crippen LogP contribution in [-0.2, 0) is 9.84 Å². The first-order valence-electron chi connectivity index (χ1n) is 6.66. The molecule has 0 bridgehead atoms. The van der Waals surface area contributed by atoms with Crippen LogP contribution in [0.4, 0.5) is 0 Å². The van der Waals surface area contributed by atoms with Crippen LogP contribution in [0.25, 0.3) is 0 Å². The second-order valence-electron chi connectivity index (χ2n) is 4.93. The first-order valence-corrected chi connectivity index (χ1v) is 8.48. The standard InChI is InChI=1S/C14H21NO3S/c1-3-18-13-6-4-5-11(9-13)14(15-2)12-7-8-19(16,17)10-12/h4-6,9,12,14-15H,3,7-8,10H2,1-2H3. The van der Waals surface area contributed by atoms with E-state index in [1.54, 1.807) is 0 Å². The Balaban J connectivity index is 2.20. The lowest BCUT2D eigenvalue weighted by Crippen LogP contribution is -2.26. The lowest BCUT2D eigenvalue weighted by molar-refractivity contribution is 0.338. The molecule has 1 aromatic carbocycles. The number of hydrogen-bond acceptors (Lipinski definition) is 4. The quantitative estimate of drug-likeness (QED) is 0.895. The molecule has 1 saturated heterocycles. The fourth-order valence-electron chi connectivity index (χ4n) is 2.73. The van der Waals surface area contributed by atoms with E-state index in [2.05, 4.69) is 5.32 Å². The van der Waals surface area contributed by atoms with Gasteiger partial charge in [0, 0.05) is 6.04 Å². The molecule has 1 fully saturated rings. The van der Waals surface area contributed by atoms with E-state index in [0.717, 1.165) is 17.7 Å². The van der Waals surface area contributed by atoms with Crippen LogP contribution in [-0.4, -0.2) is 33.6 Å². The molecular formula is C14H21NO3S. The van der Waals surface area contributed by atoms with E-state index < -0.39 is 9.84 Å². The molecule has 1 aromatic rings. The third-order valence-corrected chi connectivity index (χ3v) is 5.37. The van der Waals surface area contributed by atoms with Crippen molar-refractivity contribution in [2.75, 3.05) is 25.2 Å². The number of ether oxygens (including phenoxy) is 1. The van der Waals surface area contributed by atoms with Crippen LogP contribution >= 0.6 is 0 Å². The summed E-state index contributed by atoms with van der Waals surface area (Å²) in [5.41, 5.74) is 1.09. The van der Waals surface area contributed by atoms with Crippen LogP contribution in [0, 0.1) is 5.92 Å². The topological polar surface area (TPSA) is 55.4 Å². The Morgan fingerprint density at radius 2 is 2.26 bits per heavy atom. The van der Waals surface area contributed by atoms with Crippen LogP contribution in [0.1, 0.15) is 24.9 Å². The van der Waals surface area contributed by atoms with Gasteiger partial charge in [0.05, 0.1) is 18.1 Å². The smallest absolute Gasteiger partial charge is 0.150 e. The molecular weight excluding hydrogens is 262 g/mol. The first-order chi connectivity index (χ1) is 9.05. The van der Waals surface area contributed by atoms with E-state index >= 15 is 0 Å².